The number of pyridine rings is 1. The van der Waals surface area contributed by atoms with Gasteiger partial charge >= 0.3 is 12.0 Å². The first-order chi connectivity index (χ1) is 19.8. The summed E-state index contributed by atoms with van der Waals surface area (Å²) in [7, 11) is 0. The fraction of sp³-hybridized carbons (Fsp3) is 0.273. The number of halogens is 1. The minimum atomic E-state index is -1.61. The van der Waals surface area contributed by atoms with Crippen molar-refractivity contribution in [3.05, 3.63) is 39.8 Å². The lowest BCUT2D eigenvalue weighted by Crippen LogP contribution is -2.71. The highest BCUT2D eigenvalue weighted by molar-refractivity contribution is 8.00. The Kier molecular flexibility index (Phi) is 8.73. The van der Waals surface area contributed by atoms with E-state index in [2.05, 4.69) is 20.8 Å². The van der Waals surface area contributed by atoms with Crippen LogP contribution in [0.15, 0.2) is 34.9 Å². The van der Waals surface area contributed by atoms with Crippen molar-refractivity contribution in [1.82, 2.24) is 15.2 Å². The van der Waals surface area contributed by atoms with Crippen molar-refractivity contribution in [2.75, 3.05) is 22.5 Å². The number of nitrogens with one attached hydrogen (secondary N) is 2. The second-order valence-electron chi connectivity index (χ2n) is 8.78. The Morgan fingerprint density at radius 2 is 2.10 bits per heavy atom. The van der Waals surface area contributed by atoms with Gasteiger partial charge in [-0.05, 0) is 6.92 Å². The smallest absolute Gasteiger partial charge is 0.347 e. The van der Waals surface area contributed by atoms with Gasteiger partial charge in [0.1, 0.15) is 27.1 Å². The molecule has 4 rings (SSSR count). The molecule has 4 heterocycles. The average Bonchev–Trinajstić information content (AvgIpc) is 3.25. The molecule has 2 unspecified atom stereocenters. The van der Waals surface area contributed by atoms with E-state index < -0.39 is 53.0 Å². The predicted molar refractivity (Wildman–Crippen MR) is 148 cm³/mol. The Labute approximate surface area is 249 Å². The number of primary amides is 1. The number of anilines is 3. The largest absolute Gasteiger partial charge is 0.543 e. The Morgan fingerprint density at radius 1 is 1.38 bits per heavy atom. The van der Waals surface area contributed by atoms with Crippen LogP contribution < -0.4 is 37.5 Å². The van der Waals surface area contributed by atoms with Gasteiger partial charge in [0.2, 0.25) is 6.10 Å². The maximum Gasteiger partial charge on any atom is 0.347 e. The molecule has 2 aromatic rings. The van der Waals surface area contributed by atoms with Crippen molar-refractivity contribution < 1.29 is 43.6 Å². The van der Waals surface area contributed by atoms with Gasteiger partial charge in [-0.25, -0.2) is 14.6 Å². The van der Waals surface area contributed by atoms with E-state index in [0.717, 1.165) is 16.2 Å². The number of aromatic nitrogens is 2. The molecule has 3 atom stereocenters. The molecule has 42 heavy (non-hydrogen) atoms. The second kappa shape index (κ2) is 12.1. The average molecular weight is 640 g/mol. The third-order valence-electron chi connectivity index (χ3n) is 5.90. The number of nitrogens with zero attached hydrogens (tertiary/aromatic N) is 4. The molecule has 4 amide bonds. The normalized spacial score (nSPS) is 19.0. The zero-order valence-corrected chi connectivity index (χ0v) is 23.8. The van der Waals surface area contributed by atoms with Gasteiger partial charge in [-0.3, -0.25) is 14.5 Å². The number of nitrogen functional groups attached to an aromatic ring is 2. The number of rotatable bonds is 10. The SMILES string of the molecule is C[C@H](O/N=C(\C(=O)NC1C(=O)N2C(C(=O)[O-])=C(C[n+]3ccc(N)c(NC(N)=O)c3)CSC12)c1nc(N)sc1Cl)C(=O)O. The summed E-state index contributed by atoms with van der Waals surface area (Å²) in [6, 6.07) is -0.557. The minimum Gasteiger partial charge on any atom is -0.543 e. The van der Waals surface area contributed by atoms with Crippen LogP contribution in [-0.2, 0) is 30.6 Å². The highest BCUT2D eigenvalue weighted by atomic mass is 35.5. The zero-order chi connectivity index (χ0) is 30.9. The lowest BCUT2D eigenvalue weighted by molar-refractivity contribution is -0.688. The fourth-order valence-electron chi connectivity index (χ4n) is 3.94. The summed E-state index contributed by atoms with van der Waals surface area (Å²) in [6.45, 7) is 1.17. The number of carbonyl (C=O) groups is 5. The Balaban J connectivity index is 1.56. The molecular weight excluding hydrogens is 618 g/mol. The number of hydrogen-bond donors (Lipinski definition) is 6. The van der Waals surface area contributed by atoms with E-state index >= 15 is 0 Å². The third kappa shape index (κ3) is 6.16. The Bertz CT molecular complexity index is 1560. The van der Waals surface area contributed by atoms with Crippen LogP contribution in [0.5, 0.6) is 0 Å². The van der Waals surface area contributed by atoms with Crippen molar-refractivity contribution in [2.24, 2.45) is 10.9 Å². The van der Waals surface area contributed by atoms with E-state index in [1.807, 2.05) is 0 Å². The molecule has 2 aliphatic rings. The molecule has 2 aliphatic heterocycles. The molecule has 0 aliphatic carbocycles. The highest BCUT2D eigenvalue weighted by Gasteiger charge is 2.53. The molecule has 17 nitrogen and oxygen atoms in total. The Morgan fingerprint density at radius 3 is 2.69 bits per heavy atom. The van der Waals surface area contributed by atoms with Crippen LogP contribution in [0.4, 0.5) is 21.3 Å². The number of β-lactam (4-membered cyclic amide) rings is 1. The molecule has 0 saturated carbocycles. The van der Waals surface area contributed by atoms with E-state index in [0.29, 0.717) is 5.57 Å². The third-order valence-corrected chi connectivity index (χ3v) is 8.32. The quantitative estimate of drug-likeness (QED) is 0.0715. The lowest BCUT2D eigenvalue weighted by Gasteiger charge is -2.50. The summed E-state index contributed by atoms with van der Waals surface area (Å²) in [6.07, 6.45) is 1.55. The van der Waals surface area contributed by atoms with Crippen LogP contribution in [0.3, 0.4) is 0 Å². The van der Waals surface area contributed by atoms with E-state index in [1.54, 1.807) is 6.20 Å². The van der Waals surface area contributed by atoms with Gasteiger partial charge in [-0.15, -0.1) is 11.8 Å². The number of hydrogen-bond acceptors (Lipinski definition) is 13. The molecule has 9 N–H and O–H groups in total. The van der Waals surface area contributed by atoms with Crippen LogP contribution in [0, 0.1) is 0 Å². The van der Waals surface area contributed by atoms with Crippen molar-refractivity contribution in [3.8, 4) is 0 Å². The number of aliphatic carboxylic acids is 2. The van der Waals surface area contributed by atoms with Gasteiger partial charge < -0.3 is 47.7 Å². The molecule has 0 aromatic carbocycles. The topological polar surface area (TPSA) is 272 Å². The number of thioether (sulfide) groups is 1. The number of urea groups is 1. The van der Waals surface area contributed by atoms with Crippen LogP contribution in [0.25, 0.3) is 0 Å². The van der Waals surface area contributed by atoms with E-state index in [-0.39, 0.29) is 44.5 Å². The first-order valence-corrected chi connectivity index (χ1v) is 14.0. The van der Waals surface area contributed by atoms with Gasteiger partial charge in [0.15, 0.2) is 29.8 Å². The number of carboxylic acid groups (broad SMARTS) is 2. The van der Waals surface area contributed by atoms with Gasteiger partial charge in [0.05, 0.1) is 17.4 Å². The number of carbonyl (C=O) groups excluding carboxylic acids is 4. The number of thiazole rings is 1. The van der Waals surface area contributed by atoms with Gasteiger partial charge in [0, 0.05) is 17.4 Å². The minimum absolute atomic E-state index is 0.00276. The summed E-state index contributed by atoms with van der Waals surface area (Å²) >= 11 is 8.12. The maximum atomic E-state index is 13.2. The summed E-state index contributed by atoms with van der Waals surface area (Å²) in [5, 5.41) is 28.8. The van der Waals surface area contributed by atoms with Crippen molar-refractivity contribution >= 4 is 86.7 Å². The molecule has 0 bridgehead atoms. The Hall–Kier alpha value is -4.62. The maximum absolute atomic E-state index is 13.2. The molecule has 0 radical (unpaired) electrons. The van der Waals surface area contributed by atoms with E-state index in [9.17, 15) is 29.1 Å². The van der Waals surface area contributed by atoms with E-state index in [4.69, 9.17) is 38.7 Å². The van der Waals surface area contributed by atoms with Crippen molar-refractivity contribution in [3.63, 3.8) is 0 Å². The lowest BCUT2D eigenvalue weighted by atomic mass is 10.0. The fourth-order valence-corrected chi connectivity index (χ4v) is 6.20. The zero-order valence-electron chi connectivity index (χ0n) is 21.4. The summed E-state index contributed by atoms with van der Waals surface area (Å²) in [5.74, 6) is -4.58. The standard InChI is InChI=1S/C22H22ClN9O8S2/c1-7(19(35)36)40-30-12(11-15(23)42-22(26)29-11)16(33)28-13-17(34)32-14(20(37)38)8(6-41-18(13)32)4-31-3-2-9(24)10(5-31)27-21(25)39/h2-3,5,7,13,18,24H,4,6H2,1H3,(H8,25,26,27,28,29,33,35,36,37,38,39)/b30-12-/t7-,13?,18?/m0/s1. The van der Waals surface area contributed by atoms with Crippen molar-refractivity contribution in [1.29, 1.82) is 0 Å². The van der Waals surface area contributed by atoms with Crippen LogP contribution in [0.2, 0.25) is 4.34 Å². The molecule has 222 valence electrons. The first-order valence-electron chi connectivity index (χ1n) is 11.7. The predicted octanol–water partition coefficient (Wildman–Crippen LogP) is -1.96. The summed E-state index contributed by atoms with van der Waals surface area (Å²) < 4.78 is 1.50. The number of fused-ring (bicyclic) bond motifs is 1. The van der Waals surface area contributed by atoms with E-state index in [1.165, 1.54) is 35.5 Å². The van der Waals surface area contributed by atoms with Crippen LogP contribution >= 0.6 is 34.7 Å². The summed E-state index contributed by atoms with van der Waals surface area (Å²) in [4.78, 5) is 70.7. The number of carboxylic acids is 2. The number of oxime groups is 1. The van der Waals surface area contributed by atoms with Crippen LogP contribution in [-0.4, -0.2) is 73.8 Å². The van der Waals surface area contributed by atoms with Crippen molar-refractivity contribution in [2.45, 2.75) is 31.0 Å². The molecule has 20 heteroatoms. The highest BCUT2D eigenvalue weighted by Crippen LogP contribution is 2.40. The van der Waals surface area contributed by atoms with Gasteiger partial charge in [0.25, 0.3) is 11.8 Å². The summed E-state index contributed by atoms with van der Waals surface area (Å²) in [5.41, 5.74) is 16.3. The number of nitrogens with two attached hydrogens (primary N) is 3. The van der Waals surface area contributed by atoms with Gasteiger partial charge in [-0.1, -0.05) is 28.1 Å². The van der Waals surface area contributed by atoms with Crippen LogP contribution in [0.1, 0.15) is 12.6 Å². The monoisotopic (exact) mass is 639 g/mol. The molecular formula is C22H22ClN9O8S2. The number of amides is 4. The molecule has 0 spiro atoms. The van der Waals surface area contributed by atoms with Gasteiger partial charge in [-0.2, -0.15) is 4.57 Å². The molecule has 1 saturated heterocycles. The molecule has 1 fully saturated rings. The second-order valence-corrected chi connectivity index (χ2v) is 11.5. The molecule has 2 aromatic heterocycles. The first kappa shape index (κ1) is 30.3.